The van der Waals surface area contributed by atoms with E-state index in [1.54, 1.807) is 6.07 Å². The van der Waals surface area contributed by atoms with Crippen LogP contribution in [0.5, 0.6) is 5.75 Å². The fourth-order valence-electron chi connectivity index (χ4n) is 1.03. The fraction of sp³-hybridized carbons (Fsp3) is 0.333. The molecule has 0 N–H and O–H groups in total. The van der Waals surface area contributed by atoms with Crippen LogP contribution in [-0.2, 0) is 4.74 Å². The van der Waals surface area contributed by atoms with E-state index in [-0.39, 0.29) is 11.9 Å². The molecule has 13 heavy (non-hydrogen) atoms. The maximum atomic E-state index is 12.7. The van der Waals surface area contributed by atoms with Gasteiger partial charge in [0.15, 0.2) is 0 Å². The van der Waals surface area contributed by atoms with Crippen molar-refractivity contribution in [2.75, 3.05) is 13.2 Å². The van der Waals surface area contributed by atoms with Crippen LogP contribution >= 0.6 is 15.9 Å². The molecule has 2 nitrogen and oxygen atoms in total. The minimum Gasteiger partial charge on any atom is -0.484 e. The molecule has 0 bridgehead atoms. The Kier molecular flexibility index (Phi) is 2.51. The van der Waals surface area contributed by atoms with E-state index in [1.807, 2.05) is 0 Å². The van der Waals surface area contributed by atoms with Crippen molar-refractivity contribution in [3.8, 4) is 5.75 Å². The van der Waals surface area contributed by atoms with E-state index < -0.39 is 0 Å². The molecule has 0 unspecified atom stereocenters. The lowest BCUT2D eigenvalue weighted by molar-refractivity contribution is -0.0799. The van der Waals surface area contributed by atoms with Gasteiger partial charge in [-0.1, -0.05) is 0 Å². The smallest absolute Gasteiger partial charge is 0.145 e. The topological polar surface area (TPSA) is 18.5 Å². The van der Waals surface area contributed by atoms with Crippen LogP contribution in [0.3, 0.4) is 0 Å². The quantitative estimate of drug-likeness (QED) is 0.798. The predicted octanol–water partition coefficient (Wildman–Crippen LogP) is 2.37. The zero-order valence-corrected chi connectivity index (χ0v) is 8.38. The van der Waals surface area contributed by atoms with Crippen LogP contribution in [0.4, 0.5) is 4.39 Å². The summed E-state index contributed by atoms with van der Waals surface area (Å²) in [6.45, 7) is 1.23. The number of hydrogen-bond acceptors (Lipinski definition) is 2. The van der Waals surface area contributed by atoms with Gasteiger partial charge in [0.05, 0.1) is 17.7 Å². The van der Waals surface area contributed by atoms with Crippen molar-refractivity contribution in [3.63, 3.8) is 0 Å². The predicted molar refractivity (Wildman–Crippen MR) is 49.3 cm³/mol. The minimum absolute atomic E-state index is 0.113. The van der Waals surface area contributed by atoms with Gasteiger partial charge < -0.3 is 9.47 Å². The van der Waals surface area contributed by atoms with Gasteiger partial charge in [-0.25, -0.2) is 4.39 Å². The third-order valence-electron chi connectivity index (χ3n) is 1.80. The second-order valence-corrected chi connectivity index (χ2v) is 3.71. The van der Waals surface area contributed by atoms with Crippen molar-refractivity contribution in [1.82, 2.24) is 0 Å². The summed E-state index contributed by atoms with van der Waals surface area (Å²) in [5.41, 5.74) is 0. The number of benzene rings is 1. The molecule has 70 valence electrons. The highest BCUT2D eigenvalue weighted by molar-refractivity contribution is 9.10. The van der Waals surface area contributed by atoms with E-state index in [4.69, 9.17) is 9.47 Å². The van der Waals surface area contributed by atoms with Gasteiger partial charge in [0.1, 0.15) is 17.7 Å². The van der Waals surface area contributed by atoms with Crippen molar-refractivity contribution < 1.29 is 13.9 Å². The van der Waals surface area contributed by atoms with E-state index >= 15 is 0 Å². The first-order valence-corrected chi connectivity index (χ1v) is 4.74. The fourth-order valence-corrected chi connectivity index (χ4v) is 1.48. The standard InChI is InChI=1S/C9H8BrFO2/c10-8-3-6(11)1-2-9(8)13-7-4-12-5-7/h1-3,7H,4-5H2. The Hall–Kier alpha value is -0.610. The average molecular weight is 247 g/mol. The normalized spacial score (nSPS) is 16.8. The lowest BCUT2D eigenvalue weighted by atomic mass is 10.3. The summed E-state index contributed by atoms with van der Waals surface area (Å²) in [5, 5.41) is 0. The first kappa shape index (κ1) is 8.97. The third-order valence-corrected chi connectivity index (χ3v) is 2.41. The van der Waals surface area contributed by atoms with Gasteiger partial charge in [0.2, 0.25) is 0 Å². The van der Waals surface area contributed by atoms with Gasteiger partial charge in [-0.3, -0.25) is 0 Å². The monoisotopic (exact) mass is 246 g/mol. The molecule has 0 radical (unpaired) electrons. The zero-order valence-electron chi connectivity index (χ0n) is 6.80. The molecule has 0 aromatic heterocycles. The highest BCUT2D eigenvalue weighted by Crippen LogP contribution is 2.27. The summed E-state index contributed by atoms with van der Waals surface area (Å²) < 4.78 is 23.8. The molecular weight excluding hydrogens is 239 g/mol. The van der Waals surface area contributed by atoms with Gasteiger partial charge >= 0.3 is 0 Å². The second-order valence-electron chi connectivity index (χ2n) is 2.85. The van der Waals surface area contributed by atoms with E-state index in [1.165, 1.54) is 12.1 Å². The average Bonchev–Trinajstić information content (AvgIpc) is 1.99. The summed E-state index contributed by atoms with van der Waals surface area (Å²) in [6, 6.07) is 4.37. The molecule has 1 saturated heterocycles. The highest BCUT2D eigenvalue weighted by Gasteiger charge is 2.20. The molecule has 1 heterocycles. The molecule has 1 fully saturated rings. The van der Waals surface area contributed by atoms with Crippen LogP contribution in [0, 0.1) is 5.82 Å². The maximum Gasteiger partial charge on any atom is 0.145 e. The number of halogens is 2. The summed E-state index contributed by atoms with van der Waals surface area (Å²) in [7, 11) is 0. The zero-order chi connectivity index (χ0) is 9.26. The molecule has 0 atom stereocenters. The lowest BCUT2D eigenvalue weighted by Crippen LogP contribution is -2.38. The van der Waals surface area contributed by atoms with E-state index in [0.717, 1.165) is 0 Å². The van der Waals surface area contributed by atoms with Gasteiger partial charge in [0, 0.05) is 0 Å². The Bertz CT molecular complexity index is 312. The van der Waals surface area contributed by atoms with Crippen molar-refractivity contribution in [2.45, 2.75) is 6.10 Å². The number of hydrogen-bond donors (Lipinski definition) is 0. The van der Waals surface area contributed by atoms with Gasteiger partial charge in [0.25, 0.3) is 0 Å². The summed E-state index contributed by atoms with van der Waals surface area (Å²) in [6.07, 6.45) is 0.113. The van der Waals surface area contributed by atoms with Crippen LogP contribution in [0.2, 0.25) is 0 Å². The Balaban J connectivity index is 2.10. The Labute approximate surface area is 83.8 Å². The second kappa shape index (κ2) is 3.64. The molecule has 4 heteroatoms. The van der Waals surface area contributed by atoms with Crippen LogP contribution in [0.25, 0.3) is 0 Å². The SMILES string of the molecule is Fc1ccc(OC2COC2)c(Br)c1. The molecule has 0 aliphatic carbocycles. The molecule has 1 aliphatic heterocycles. The van der Waals surface area contributed by atoms with Crippen LogP contribution in [0.15, 0.2) is 22.7 Å². The van der Waals surface area contributed by atoms with Crippen molar-refractivity contribution in [2.24, 2.45) is 0 Å². The summed E-state index contributed by atoms with van der Waals surface area (Å²) >= 11 is 3.22. The van der Waals surface area contributed by atoms with Crippen LogP contribution < -0.4 is 4.74 Å². The number of ether oxygens (including phenoxy) is 2. The molecule has 1 aliphatic rings. The van der Waals surface area contributed by atoms with E-state index in [0.29, 0.717) is 23.4 Å². The third kappa shape index (κ3) is 2.00. The van der Waals surface area contributed by atoms with Gasteiger partial charge in [-0.15, -0.1) is 0 Å². The van der Waals surface area contributed by atoms with E-state index in [9.17, 15) is 4.39 Å². The molecule has 1 aromatic rings. The van der Waals surface area contributed by atoms with Gasteiger partial charge in [-0.2, -0.15) is 0 Å². The first-order chi connectivity index (χ1) is 6.25. The Morgan fingerprint density at radius 3 is 2.77 bits per heavy atom. The van der Waals surface area contributed by atoms with Crippen LogP contribution in [-0.4, -0.2) is 19.3 Å². The van der Waals surface area contributed by atoms with E-state index in [2.05, 4.69) is 15.9 Å². The van der Waals surface area contributed by atoms with Crippen molar-refractivity contribution in [1.29, 1.82) is 0 Å². The Morgan fingerprint density at radius 2 is 2.23 bits per heavy atom. The summed E-state index contributed by atoms with van der Waals surface area (Å²) in [4.78, 5) is 0. The molecule has 1 aromatic carbocycles. The largest absolute Gasteiger partial charge is 0.484 e. The minimum atomic E-state index is -0.274. The van der Waals surface area contributed by atoms with Gasteiger partial charge in [-0.05, 0) is 34.1 Å². The van der Waals surface area contributed by atoms with Crippen molar-refractivity contribution >= 4 is 15.9 Å². The Morgan fingerprint density at radius 1 is 1.46 bits per heavy atom. The maximum absolute atomic E-state index is 12.7. The first-order valence-electron chi connectivity index (χ1n) is 3.95. The highest BCUT2D eigenvalue weighted by atomic mass is 79.9. The van der Waals surface area contributed by atoms with Crippen LogP contribution in [0.1, 0.15) is 0 Å². The molecule has 0 amide bonds. The molecule has 0 saturated carbocycles. The van der Waals surface area contributed by atoms with Crippen molar-refractivity contribution in [3.05, 3.63) is 28.5 Å². The lowest BCUT2D eigenvalue weighted by Gasteiger charge is -2.27. The molecule has 0 spiro atoms. The molecular formula is C9H8BrFO2. The summed E-state index contributed by atoms with van der Waals surface area (Å²) in [5.74, 6) is 0.388. The number of rotatable bonds is 2. The molecule has 2 rings (SSSR count).